The molecule has 2 N–H and O–H groups in total. The van der Waals surface area contributed by atoms with Crippen LogP contribution in [0.2, 0.25) is 5.02 Å². The van der Waals surface area contributed by atoms with Crippen LogP contribution in [-0.2, 0) is 16.0 Å². The third kappa shape index (κ3) is 3.78. The Hall–Kier alpha value is -2.53. The molecule has 4 rings (SSSR count). The topological polar surface area (TPSA) is 67.4 Å². The molecule has 0 saturated carbocycles. The summed E-state index contributed by atoms with van der Waals surface area (Å²) in [5.41, 5.74) is 4.41. The first-order valence-electron chi connectivity index (χ1n) is 9.13. The number of hydrogen-bond donors (Lipinski definition) is 2. The maximum absolute atomic E-state index is 12.2. The summed E-state index contributed by atoms with van der Waals surface area (Å²) in [6, 6.07) is 11.5. The molecule has 5 nitrogen and oxygen atoms in total. The van der Waals surface area contributed by atoms with E-state index in [0.717, 1.165) is 28.9 Å². The average Bonchev–Trinajstić information content (AvgIpc) is 3.25. The standard InChI is InChI=1S/C21H21ClN2O3/c1-12-8-14-10-16(11-23-21(26)18-6-7-19(25)24-18)27-20(14)17(9-12)13-2-4-15(22)5-3-13/h2-5,8-9,16,18H,6-7,10-11H2,1H3,(H,23,26)(H,24,25)/t16?,18-/m0/s1. The van der Waals surface area contributed by atoms with Crippen LogP contribution in [0.1, 0.15) is 24.0 Å². The third-order valence-electron chi connectivity index (χ3n) is 5.01. The van der Waals surface area contributed by atoms with Gasteiger partial charge >= 0.3 is 0 Å². The Bertz CT molecular complexity index is 895. The van der Waals surface area contributed by atoms with E-state index in [4.69, 9.17) is 16.3 Å². The molecule has 140 valence electrons. The second kappa shape index (κ2) is 7.24. The molecule has 2 aromatic rings. The minimum absolute atomic E-state index is 0.0669. The number of nitrogens with one attached hydrogen (secondary N) is 2. The van der Waals surface area contributed by atoms with Gasteiger partial charge in [-0.2, -0.15) is 0 Å². The second-order valence-corrected chi connectivity index (χ2v) is 7.59. The van der Waals surface area contributed by atoms with Crippen molar-refractivity contribution in [1.82, 2.24) is 10.6 Å². The van der Waals surface area contributed by atoms with Crippen molar-refractivity contribution in [1.29, 1.82) is 0 Å². The molecule has 2 atom stereocenters. The van der Waals surface area contributed by atoms with Crippen LogP contribution in [0.3, 0.4) is 0 Å². The van der Waals surface area contributed by atoms with Crippen molar-refractivity contribution in [2.45, 2.75) is 38.3 Å². The first kappa shape index (κ1) is 17.9. The van der Waals surface area contributed by atoms with Crippen LogP contribution < -0.4 is 15.4 Å². The quantitative estimate of drug-likeness (QED) is 0.851. The molecule has 1 unspecified atom stereocenters. The number of ether oxygens (including phenoxy) is 1. The molecule has 2 heterocycles. The summed E-state index contributed by atoms with van der Waals surface area (Å²) in [5, 5.41) is 6.29. The smallest absolute Gasteiger partial charge is 0.242 e. The van der Waals surface area contributed by atoms with E-state index < -0.39 is 6.04 Å². The minimum atomic E-state index is -0.423. The molecule has 0 aliphatic carbocycles. The lowest BCUT2D eigenvalue weighted by molar-refractivity contribution is -0.126. The number of hydrogen-bond acceptors (Lipinski definition) is 3. The van der Waals surface area contributed by atoms with E-state index in [-0.39, 0.29) is 17.9 Å². The summed E-state index contributed by atoms with van der Waals surface area (Å²) in [6.45, 7) is 2.48. The highest BCUT2D eigenvalue weighted by atomic mass is 35.5. The molecule has 2 aliphatic rings. The summed E-state index contributed by atoms with van der Waals surface area (Å²) in [5.74, 6) is 0.661. The molecule has 0 radical (unpaired) electrons. The lowest BCUT2D eigenvalue weighted by atomic mass is 9.98. The Morgan fingerprint density at radius 2 is 2.07 bits per heavy atom. The van der Waals surface area contributed by atoms with Gasteiger partial charge < -0.3 is 15.4 Å². The third-order valence-corrected chi connectivity index (χ3v) is 5.27. The van der Waals surface area contributed by atoms with Crippen molar-refractivity contribution in [2.24, 2.45) is 0 Å². The zero-order valence-electron chi connectivity index (χ0n) is 15.0. The van der Waals surface area contributed by atoms with Gasteiger partial charge in [0.1, 0.15) is 17.9 Å². The molecule has 6 heteroatoms. The number of halogens is 1. The van der Waals surface area contributed by atoms with Gasteiger partial charge in [-0.1, -0.05) is 29.8 Å². The van der Waals surface area contributed by atoms with Crippen LogP contribution in [0.5, 0.6) is 5.75 Å². The van der Waals surface area contributed by atoms with E-state index >= 15 is 0 Å². The zero-order chi connectivity index (χ0) is 19.0. The van der Waals surface area contributed by atoms with Gasteiger partial charge in [-0.15, -0.1) is 0 Å². The van der Waals surface area contributed by atoms with Gasteiger partial charge in [0.05, 0.1) is 6.54 Å². The van der Waals surface area contributed by atoms with Gasteiger partial charge in [-0.25, -0.2) is 0 Å². The molecule has 27 heavy (non-hydrogen) atoms. The van der Waals surface area contributed by atoms with Crippen LogP contribution >= 0.6 is 11.6 Å². The predicted molar refractivity (Wildman–Crippen MR) is 104 cm³/mol. The van der Waals surface area contributed by atoms with Gasteiger partial charge in [0.2, 0.25) is 11.8 Å². The van der Waals surface area contributed by atoms with Crippen molar-refractivity contribution in [3.05, 3.63) is 52.5 Å². The molecule has 0 bridgehead atoms. The molecule has 1 fully saturated rings. The van der Waals surface area contributed by atoms with E-state index in [1.807, 2.05) is 24.3 Å². The molecule has 0 spiro atoms. The summed E-state index contributed by atoms with van der Waals surface area (Å²) in [7, 11) is 0. The number of amides is 2. The SMILES string of the molecule is Cc1cc2c(c(-c3ccc(Cl)cc3)c1)OC(CNC(=O)[C@@H]1CCC(=O)N1)C2. The van der Waals surface area contributed by atoms with Gasteiger partial charge in [-0.3, -0.25) is 9.59 Å². The summed E-state index contributed by atoms with van der Waals surface area (Å²) in [6.07, 6.45) is 1.59. The van der Waals surface area contributed by atoms with E-state index in [2.05, 4.69) is 29.7 Å². The van der Waals surface area contributed by atoms with E-state index in [1.165, 1.54) is 5.56 Å². The van der Waals surface area contributed by atoms with Crippen LogP contribution in [0, 0.1) is 6.92 Å². The Morgan fingerprint density at radius 1 is 1.30 bits per heavy atom. The number of benzene rings is 2. The molecule has 2 aliphatic heterocycles. The van der Waals surface area contributed by atoms with Crippen molar-refractivity contribution < 1.29 is 14.3 Å². The van der Waals surface area contributed by atoms with Gasteiger partial charge in [0, 0.05) is 23.4 Å². The maximum Gasteiger partial charge on any atom is 0.242 e. The predicted octanol–water partition coefficient (Wildman–Crippen LogP) is 3.01. The molecular weight excluding hydrogens is 364 g/mol. The second-order valence-electron chi connectivity index (χ2n) is 7.16. The maximum atomic E-state index is 12.2. The zero-order valence-corrected chi connectivity index (χ0v) is 15.8. The normalized spacial score (nSPS) is 20.7. The Balaban J connectivity index is 1.46. The Morgan fingerprint density at radius 3 is 2.78 bits per heavy atom. The summed E-state index contributed by atoms with van der Waals surface area (Å²) < 4.78 is 6.18. The number of aryl methyl sites for hydroxylation is 1. The number of carbonyl (C=O) groups is 2. The highest BCUT2D eigenvalue weighted by molar-refractivity contribution is 6.30. The first-order valence-corrected chi connectivity index (χ1v) is 9.50. The lowest BCUT2D eigenvalue weighted by Crippen LogP contribution is -2.44. The first-order chi connectivity index (χ1) is 13.0. The number of rotatable bonds is 4. The molecule has 2 aromatic carbocycles. The Labute approximate surface area is 163 Å². The van der Waals surface area contributed by atoms with Crippen molar-refractivity contribution in [2.75, 3.05) is 6.54 Å². The van der Waals surface area contributed by atoms with E-state index in [1.54, 1.807) is 0 Å². The number of fused-ring (bicyclic) bond motifs is 1. The highest BCUT2D eigenvalue weighted by Gasteiger charge is 2.30. The van der Waals surface area contributed by atoms with Crippen molar-refractivity contribution in [3.8, 4) is 16.9 Å². The fraction of sp³-hybridized carbons (Fsp3) is 0.333. The fourth-order valence-electron chi connectivity index (χ4n) is 3.70. The summed E-state index contributed by atoms with van der Waals surface area (Å²) >= 11 is 6.01. The van der Waals surface area contributed by atoms with E-state index in [9.17, 15) is 9.59 Å². The molecule has 2 amide bonds. The van der Waals surface area contributed by atoms with Gasteiger partial charge in [-0.05, 0) is 48.2 Å². The van der Waals surface area contributed by atoms with Crippen LogP contribution in [0.15, 0.2) is 36.4 Å². The summed E-state index contributed by atoms with van der Waals surface area (Å²) in [4.78, 5) is 23.5. The van der Waals surface area contributed by atoms with Crippen LogP contribution in [0.25, 0.3) is 11.1 Å². The number of carbonyl (C=O) groups excluding carboxylic acids is 2. The minimum Gasteiger partial charge on any atom is -0.487 e. The molecule has 1 saturated heterocycles. The van der Waals surface area contributed by atoms with Crippen LogP contribution in [-0.4, -0.2) is 30.5 Å². The van der Waals surface area contributed by atoms with Gasteiger partial charge in [0.15, 0.2) is 0 Å². The monoisotopic (exact) mass is 384 g/mol. The van der Waals surface area contributed by atoms with E-state index in [0.29, 0.717) is 24.4 Å². The fourth-order valence-corrected chi connectivity index (χ4v) is 3.82. The van der Waals surface area contributed by atoms with Crippen molar-refractivity contribution in [3.63, 3.8) is 0 Å². The van der Waals surface area contributed by atoms with Crippen LogP contribution in [0.4, 0.5) is 0 Å². The highest BCUT2D eigenvalue weighted by Crippen LogP contribution is 2.40. The largest absolute Gasteiger partial charge is 0.487 e. The van der Waals surface area contributed by atoms with Gasteiger partial charge in [0.25, 0.3) is 0 Å². The Kier molecular flexibility index (Phi) is 4.79. The average molecular weight is 385 g/mol. The lowest BCUT2D eigenvalue weighted by Gasteiger charge is -2.16. The molecule has 0 aromatic heterocycles. The molecular formula is C21H21ClN2O3. The van der Waals surface area contributed by atoms with Crippen molar-refractivity contribution >= 4 is 23.4 Å².